The van der Waals surface area contributed by atoms with Gasteiger partial charge in [-0.05, 0) is 62.0 Å². The molecule has 1 fully saturated rings. The first-order valence-electron chi connectivity index (χ1n) is 11.3. The van der Waals surface area contributed by atoms with Crippen molar-refractivity contribution in [3.63, 3.8) is 0 Å². The zero-order valence-corrected chi connectivity index (χ0v) is 20.0. The van der Waals surface area contributed by atoms with Crippen molar-refractivity contribution in [3.05, 3.63) is 76.5 Å². The minimum Gasteiger partial charge on any atom is -0.338 e. The van der Waals surface area contributed by atoms with Gasteiger partial charge in [-0.2, -0.15) is 0 Å². The van der Waals surface area contributed by atoms with Crippen LogP contribution in [0.1, 0.15) is 36.2 Å². The molecule has 1 saturated heterocycles. The Morgan fingerprint density at radius 2 is 1.76 bits per heavy atom. The summed E-state index contributed by atoms with van der Waals surface area (Å²) in [7, 11) is 0. The standard InChI is InChI=1S/C26H28N4O3S/c1-3-27-26(33)29-19-7-4-6-18(16-19)28-25(32)21-13-14-23(31)30(20-11-9-17(2)10-12-20)24(21)22-8-5-15-34-22/h4-12,15-16,21,24H,3,13-14H2,1-2H3,(H,28,32)(H2,27,29,33). The molecule has 4 amide bonds. The fourth-order valence-corrected chi connectivity index (χ4v) is 5.09. The molecule has 176 valence electrons. The van der Waals surface area contributed by atoms with E-state index in [0.717, 1.165) is 16.1 Å². The number of amides is 4. The number of anilines is 3. The Bertz CT molecular complexity index is 1160. The highest BCUT2D eigenvalue weighted by molar-refractivity contribution is 7.10. The van der Waals surface area contributed by atoms with E-state index in [0.29, 0.717) is 30.8 Å². The number of aryl methyl sites for hydroxylation is 1. The number of piperidine rings is 1. The summed E-state index contributed by atoms with van der Waals surface area (Å²) in [5.41, 5.74) is 3.07. The van der Waals surface area contributed by atoms with Gasteiger partial charge in [0.05, 0.1) is 12.0 Å². The Balaban J connectivity index is 1.59. The highest BCUT2D eigenvalue weighted by atomic mass is 32.1. The average Bonchev–Trinajstić information content (AvgIpc) is 3.34. The van der Waals surface area contributed by atoms with E-state index in [1.807, 2.05) is 55.6 Å². The summed E-state index contributed by atoms with van der Waals surface area (Å²) >= 11 is 1.55. The summed E-state index contributed by atoms with van der Waals surface area (Å²) in [6.45, 7) is 4.36. The van der Waals surface area contributed by atoms with Crippen LogP contribution in [0.25, 0.3) is 0 Å². The van der Waals surface area contributed by atoms with Gasteiger partial charge < -0.3 is 20.9 Å². The van der Waals surface area contributed by atoms with Gasteiger partial charge >= 0.3 is 6.03 Å². The number of carbonyl (C=O) groups is 3. The van der Waals surface area contributed by atoms with Crippen molar-refractivity contribution in [2.75, 3.05) is 22.1 Å². The van der Waals surface area contributed by atoms with Crippen molar-refractivity contribution in [2.45, 2.75) is 32.7 Å². The molecule has 8 heteroatoms. The predicted molar refractivity (Wildman–Crippen MR) is 136 cm³/mol. The topological polar surface area (TPSA) is 90.5 Å². The molecule has 3 N–H and O–H groups in total. The van der Waals surface area contributed by atoms with Crippen LogP contribution in [0.15, 0.2) is 66.0 Å². The lowest BCUT2D eigenvalue weighted by Crippen LogP contribution is -2.46. The van der Waals surface area contributed by atoms with Gasteiger partial charge in [0.15, 0.2) is 0 Å². The molecule has 1 aromatic heterocycles. The first-order valence-corrected chi connectivity index (χ1v) is 12.2. The lowest BCUT2D eigenvalue weighted by Gasteiger charge is -2.40. The van der Waals surface area contributed by atoms with E-state index in [4.69, 9.17) is 0 Å². The van der Waals surface area contributed by atoms with Gasteiger partial charge in [-0.3, -0.25) is 9.59 Å². The molecule has 0 spiro atoms. The Hall–Kier alpha value is -3.65. The summed E-state index contributed by atoms with van der Waals surface area (Å²) in [5, 5.41) is 10.4. The van der Waals surface area contributed by atoms with Crippen molar-refractivity contribution in [1.82, 2.24) is 5.32 Å². The molecule has 3 aromatic rings. The molecule has 0 saturated carbocycles. The van der Waals surface area contributed by atoms with Crippen LogP contribution in [0.4, 0.5) is 21.9 Å². The van der Waals surface area contributed by atoms with E-state index in [2.05, 4.69) is 16.0 Å². The van der Waals surface area contributed by atoms with Crippen molar-refractivity contribution in [1.29, 1.82) is 0 Å². The molecule has 1 aliphatic heterocycles. The fourth-order valence-electron chi connectivity index (χ4n) is 4.21. The lowest BCUT2D eigenvalue weighted by atomic mass is 9.86. The third-order valence-electron chi connectivity index (χ3n) is 5.81. The van der Waals surface area contributed by atoms with E-state index >= 15 is 0 Å². The molecule has 4 rings (SSSR count). The van der Waals surface area contributed by atoms with Crippen molar-refractivity contribution < 1.29 is 14.4 Å². The second-order valence-electron chi connectivity index (χ2n) is 8.26. The van der Waals surface area contributed by atoms with Gasteiger partial charge in [-0.1, -0.05) is 29.8 Å². The fraction of sp³-hybridized carbons (Fsp3) is 0.269. The summed E-state index contributed by atoms with van der Waals surface area (Å²) in [4.78, 5) is 41.2. The Labute approximate surface area is 203 Å². The molecule has 7 nitrogen and oxygen atoms in total. The number of nitrogens with one attached hydrogen (secondary N) is 3. The van der Waals surface area contributed by atoms with Gasteiger partial charge in [0.25, 0.3) is 0 Å². The molecule has 2 heterocycles. The second kappa shape index (κ2) is 10.5. The van der Waals surface area contributed by atoms with Crippen LogP contribution >= 0.6 is 11.3 Å². The largest absolute Gasteiger partial charge is 0.338 e. The average molecular weight is 477 g/mol. The highest BCUT2D eigenvalue weighted by Crippen LogP contribution is 2.42. The summed E-state index contributed by atoms with van der Waals surface area (Å²) < 4.78 is 0. The molecule has 2 atom stereocenters. The highest BCUT2D eigenvalue weighted by Gasteiger charge is 2.42. The number of rotatable bonds is 6. The maximum atomic E-state index is 13.5. The van der Waals surface area contributed by atoms with Gasteiger partial charge in [0.2, 0.25) is 11.8 Å². The number of nitrogens with zero attached hydrogens (tertiary/aromatic N) is 1. The normalized spacial score (nSPS) is 17.8. The zero-order valence-electron chi connectivity index (χ0n) is 19.2. The van der Waals surface area contributed by atoms with E-state index in [1.54, 1.807) is 40.5 Å². The van der Waals surface area contributed by atoms with Crippen LogP contribution in [0, 0.1) is 12.8 Å². The van der Waals surface area contributed by atoms with E-state index in [1.165, 1.54) is 0 Å². The third-order valence-corrected chi connectivity index (χ3v) is 6.75. The molecule has 34 heavy (non-hydrogen) atoms. The molecule has 1 aliphatic rings. The van der Waals surface area contributed by atoms with E-state index in [-0.39, 0.29) is 23.9 Å². The Morgan fingerprint density at radius 1 is 1.03 bits per heavy atom. The van der Waals surface area contributed by atoms with Gasteiger partial charge in [0, 0.05) is 34.9 Å². The number of carbonyl (C=O) groups excluding carboxylic acids is 3. The predicted octanol–water partition coefficient (Wildman–Crippen LogP) is 5.32. The molecule has 2 aromatic carbocycles. The number of urea groups is 1. The summed E-state index contributed by atoms with van der Waals surface area (Å²) in [6.07, 6.45) is 0.763. The summed E-state index contributed by atoms with van der Waals surface area (Å²) in [5.74, 6) is -0.560. The quantitative estimate of drug-likeness (QED) is 0.450. The molecule has 0 radical (unpaired) electrons. The zero-order chi connectivity index (χ0) is 24.1. The van der Waals surface area contributed by atoms with E-state index in [9.17, 15) is 14.4 Å². The third kappa shape index (κ3) is 5.28. The van der Waals surface area contributed by atoms with Crippen LogP contribution in [0.5, 0.6) is 0 Å². The van der Waals surface area contributed by atoms with Gasteiger partial charge in [-0.15, -0.1) is 11.3 Å². The number of thiophene rings is 1. The van der Waals surface area contributed by atoms with Gasteiger partial charge in [0.1, 0.15) is 0 Å². The van der Waals surface area contributed by atoms with Crippen LogP contribution in [-0.4, -0.2) is 24.4 Å². The van der Waals surface area contributed by atoms with Crippen molar-refractivity contribution >= 4 is 46.2 Å². The first-order chi connectivity index (χ1) is 16.5. The van der Waals surface area contributed by atoms with Gasteiger partial charge in [-0.25, -0.2) is 4.79 Å². The maximum Gasteiger partial charge on any atom is 0.319 e. The monoisotopic (exact) mass is 476 g/mol. The lowest BCUT2D eigenvalue weighted by molar-refractivity contribution is -0.125. The minimum absolute atomic E-state index is 0.0134. The number of hydrogen-bond donors (Lipinski definition) is 3. The van der Waals surface area contributed by atoms with Crippen molar-refractivity contribution in [3.8, 4) is 0 Å². The Kier molecular flexibility index (Phi) is 7.27. The first kappa shape index (κ1) is 23.5. The molecule has 0 aliphatic carbocycles. The summed E-state index contributed by atoms with van der Waals surface area (Å²) in [6, 6.07) is 18.1. The van der Waals surface area contributed by atoms with Crippen LogP contribution in [0.2, 0.25) is 0 Å². The Morgan fingerprint density at radius 3 is 2.44 bits per heavy atom. The minimum atomic E-state index is -0.419. The van der Waals surface area contributed by atoms with Crippen LogP contribution < -0.4 is 20.9 Å². The number of hydrogen-bond acceptors (Lipinski definition) is 4. The van der Waals surface area contributed by atoms with Crippen LogP contribution in [0.3, 0.4) is 0 Å². The second-order valence-corrected chi connectivity index (χ2v) is 9.24. The SMILES string of the molecule is CCNC(=O)Nc1cccc(NC(=O)C2CCC(=O)N(c3ccc(C)cc3)C2c2cccs2)c1. The van der Waals surface area contributed by atoms with Crippen molar-refractivity contribution in [2.24, 2.45) is 5.92 Å². The molecular formula is C26H28N4O3S. The smallest absolute Gasteiger partial charge is 0.319 e. The van der Waals surface area contributed by atoms with Crippen LogP contribution in [-0.2, 0) is 9.59 Å². The number of benzene rings is 2. The molecule has 2 unspecified atom stereocenters. The maximum absolute atomic E-state index is 13.5. The van der Waals surface area contributed by atoms with E-state index < -0.39 is 5.92 Å². The molecular weight excluding hydrogens is 448 g/mol. The molecule has 0 bridgehead atoms.